The molecule has 0 saturated carbocycles. The molecule has 1 aliphatic heterocycles. The van der Waals surface area contributed by atoms with E-state index < -0.39 is 0 Å². The van der Waals surface area contributed by atoms with Gasteiger partial charge in [0.2, 0.25) is 0 Å². The van der Waals surface area contributed by atoms with E-state index in [9.17, 15) is 0 Å². The highest BCUT2D eigenvalue weighted by Crippen LogP contribution is 1.96. The van der Waals surface area contributed by atoms with Gasteiger partial charge in [-0.05, 0) is 0 Å². The molecule has 0 aromatic rings. The van der Waals surface area contributed by atoms with E-state index in [2.05, 4.69) is 19.4 Å². The average Bonchev–Trinajstić information content (AvgIpc) is 1.65. The number of nitrogens with one attached hydrogen (secondary N) is 1. The minimum absolute atomic E-state index is 1.19. The van der Waals surface area contributed by atoms with Crippen molar-refractivity contribution in [2.75, 3.05) is 40.3 Å². The van der Waals surface area contributed by atoms with Gasteiger partial charge in [0.05, 0.1) is 27.2 Å². The van der Waals surface area contributed by atoms with E-state index in [0.29, 0.717) is 0 Å². The number of quaternary nitrogens is 1. The SMILES string of the molecule is C[N+]1(C)CCNCC1. The Labute approximate surface area is 51.1 Å². The molecule has 1 heterocycles. The molecule has 2 nitrogen and oxygen atoms in total. The predicted octanol–water partition coefficient (Wildman–Crippen LogP) is -0.334. The average molecular weight is 115 g/mol. The molecule has 1 fully saturated rings. The van der Waals surface area contributed by atoms with Crippen LogP contribution in [0, 0.1) is 0 Å². The van der Waals surface area contributed by atoms with Crippen LogP contribution in [-0.4, -0.2) is 44.8 Å². The van der Waals surface area contributed by atoms with E-state index in [1.807, 2.05) is 0 Å². The summed E-state index contributed by atoms with van der Waals surface area (Å²) in [5, 5.41) is 3.32. The van der Waals surface area contributed by atoms with Crippen molar-refractivity contribution in [3.63, 3.8) is 0 Å². The number of rotatable bonds is 0. The third-order valence-electron chi connectivity index (χ3n) is 1.79. The van der Waals surface area contributed by atoms with Crippen molar-refractivity contribution in [1.29, 1.82) is 0 Å². The molecular weight excluding hydrogens is 100 g/mol. The molecule has 0 unspecified atom stereocenters. The van der Waals surface area contributed by atoms with Crippen LogP contribution in [0.25, 0.3) is 0 Å². The topological polar surface area (TPSA) is 12.0 Å². The van der Waals surface area contributed by atoms with Crippen molar-refractivity contribution in [3.05, 3.63) is 0 Å². The summed E-state index contributed by atoms with van der Waals surface area (Å²) < 4.78 is 1.19. The van der Waals surface area contributed by atoms with E-state index >= 15 is 0 Å². The minimum atomic E-state index is 1.19. The van der Waals surface area contributed by atoms with Crippen molar-refractivity contribution >= 4 is 0 Å². The van der Waals surface area contributed by atoms with Crippen molar-refractivity contribution in [2.24, 2.45) is 0 Å². The molecule has 1 saturated heterocycles. The van der Waals surface area contributed by atoms with Gasteiger partial charge in [-0.15, -0.1) is 0 Å². The Morgan fingerprint density at radius 2 is 1.62 bits per heavy atom. The van der Waals surface area contributed by atoms with Gasteiger partial charge in [0.25, 0.3) is 0 Å². The molecule has 0 aliphatic carbocycles. The van der Waals surface area contributed by atoms with E-state index in [4.69, 9.17) is 0 Å². The van der Waals surface area contributed by atoms with E-state index in [1.165, 1.54) is 30.7 Å². The molecule has 0 aromatic carbocycles. The lowest BCUT2D eigenvalue weighted by atomic mass is 10.3. The van der Waals surface area contributed by atoms with Gasteiger partial charge in [-0.2, -0.15) is 0 Å². The first kappa shape index (κ1) is 6.05. The maximum Gasteiger partial charge on any atom is 0.0909 e. The predicted molar refractivity (Wildman–Crippen MR) is 34.7 cm³/mol. The fourth-order valence-electron chi connectivity index (χ4n) is 1.00. The van der Waals surface area contributed by atoms with Crippen molar-refractivity contribution in [3.8, 4) is 0 Å². The van der Waals surface area contributed by atoms with Gasteiger partial charge in [-0.25, -0.2) is 0 Å². The van der Waals surface area contributed by atoms with Crippen LogP contribution in [0.4, 0.5) is 0 Å². The highest BCUT2D eigenvalue weighted by Gasteiger charge is 2.17. The normalized spacial score (nSPS) is 27.8. The first-order valence-electron chi connectivity index (χ1n) is 3.23. The lowest BCUT2D eigenvalue weighted by Gasteiger charge is -2.33. The zero-order valence-corrected chi connectivity index (χ0v) is 5.78. The van der Waals surface area contributed by atoms with Crippen LogP contribution >= 0.6 is 0 Å². The molecule has 1 N–H and O–H groups in total. The summed E-state index contributed by atoms with van der Waals surface area (Å²) in [6.45, 7) is 4.93. The van der Waals surface area contributed by atoms with E-state index in [1.54, 1.807) is 0 Å². The fourth-order valence-corrected chi connectivity index (χ4v) is 1.00. The highest BCUT2D eigenvalue weighted by molar-refractivity contribution is 4.51. The second-order valence-electron chi connectivity index (χ2n) is 3.13. The molecule has 0 bridgehead atoms. The summed E-state index contributed by atoms with van der Waals surface area (Å²) in [6.07, 6.45) is 0. The Hall–Kier alpha value is -0.0800. The third-order valence-corrected chi connectivity index (χ3v) is 1.79. The molecule has 48 valence electrons. The number of piperazine rings is 1. The summed E-state index contributed by atoms with van der Waals surface area (Å²) in [4.78, 5) is 0. The van der Waals surface area contributed by atoms with Crippen LogP contribution < -0.4 is 5.32 Å². The monoisotopic (exact) mass is 115 g/mol. The summed E-state index contributed by atoms with van der Waals surface area (Å²) in [7, 11) is 4.56. The first-order chi connectivity index (χ1) is 3.71. The van der Waals surface area contributed by atoms with Crippen LogP contribution in [0.5, 0.6) is 0 Å². The molecule has 1 rings (SSSR count). The summed E-state index contributed by atoms with van der Waals surface area (Å²) in [5.74, 6) is 0. The summed E-state index contributed by atoms with van der Waals surface area (Å²) in [5.41, 5.74) is 0. The zero-order chi connectivity index (χ0) is 6.04. The van der Waals surface area contributed by atoms with Crippen LogP contribution in [0.15, 0.2) is 0 Å². The van der Waals surface area contributed by atoms with Gasteiger partial charge < -0.3 is 9.80 Å². The van der Waals surface area contributed by atoms with Crippen LogP contribution in [-0.2, 0) is 0 Å². The molecule has 2 heteroatoms. The lowest BCUT2D eigenvalue weighted by Crippen LogP contribution is -2.53. The quantitative estimate of drug-likeness (QED) is 0.426. The number of nitrogens with zero attached hydrogens (tertiary/aromatic N) is 1. The number of likely N-dealkylation sites (N-methyl/N-ethyl adjacent to an activating group) is 1. The Kier molecular flexibility index (Phi) is 1.54. The minimum Gasteiger partial charge on any atom is -0.326 e. The Morgan fingerprint density at radius 1 is 1.12 bits per heavy atom. The maximum atomic E-state index is 3.32. The van der Waals surface area contributed by atoms with E-state index in [-0.39, 0.29) is 0 Å². The smallest absolute Gasteiger partial charge is 0.0909 e. The van der Waals surface area contributed by atoms with Gasteiger partial charge in [0.15, 0.2) is 0 Å². The van der Waals surface area contributed by atoms with Crippen molar-refractivity contribution in [1.82, 2.24) is 5.32 Å². The largest absolute Gasteiger partial charge is 0.326 e. The van der Waals surface area contributed by atoms with Crippen molar-refractivity contribution in [2.45, 2.75) is 0 Å². The van der Waals surface area contributed by atoms with E-state index in [0.717, 1.165) is 0 Å². The Balaban J connectivity index is 2.33. The summed E-state index contributed by atoms with van der Waals surface area (Å²) >= 11 is 0. The van der Waals surface area contributed by atoms with Crippen LogP contribution in [0.1, 0.15) is 0 Å². The first-order valence-corrected chi connectivity index (χ1v) is 3.23. The summed E-state index contributed by atoms with van der Waals surface area (Å²) in [6, 6.07) is 0. The lowest BCUT2D eigenvalue weighted by molar-refractivity contribution is -0.891. The zero-order valence-electron chi connectivity index (χ0n) is 5.78. The van der Waals surface area contributed by atoms with Gasteiger partial charge in [-0.3, -0.25) is 0 Å². The van der Waals surface area contributed by atoms with Crippen molar-refractivity contribution < 1.29 is 4.48 Å². The standard InChI is InChI=1S/C6H15N2/c1-8(2)5-3-7-4-6-8/h7H,3-6H2,1-2H3/q+1. The maximum absolute atomic E-state index is 3.32. The molecule has 0 aromatic heterocycles. The van der Waals surface area contributed by atoms with Gasteiger partial charge >= 0.3 is 0 Å². The number of hydrogen-bond acceptors (Lipinski definition) is 1. The highest BCUT2D eigenvalue weighted by atomic mass is 15.3. The second-order valence-corrected chi connectivity index (χ2v) is 3.13. The third kappa shape index (κ3) is 1.46. The molecule has 0 atom stereocenters. The Bertz CT molecular complexity index is 70.6. The molecule has 0 radical (unpaired) electrons. The van der Waals surface area contributed by atoms with Gasteiger partial charge in [0.1, 0.15) is 0 Å². The molecular formula is C6H15N2+. The molecule has 1 aliphatic rings. The molecule has 0 amide bonds. The van der Waals surface area contributed by atoms with Crippen LogP contribution in [0.3, 0.4) is 0 Å². The molecule has 0 spiro atoms. The van der Waals surface area contributed by atoms with Crippen LogP contribution in [0.2, 0.25) is 0 Å². The van der Waals surface area contributed by atoms with Gasteiger partial charge in [0, 0.05) is 13.1 Å². The fraction of sp³-hybridized carbons (Fsp3) is 1.00. The van der Waals surface area contributed by atoms with Gasteiger partial charge in [-0.1, -0.05) is 0 Å². The Morgan fingerprint density at radius 3 is 1.88 bits per heavy atom. The number of hydrogen-bond donors (Lipinski definition) is 1. The second kappa shape index (κ2) is 2.03. The molecule has 8 heavy (non-hydrogen) atoms.